The van der Waals surface area contributed by atoms with Crippen LogP contribution >= 0.6 is 0 Å². The van der Waals surface area contributed by atoms with Crippen molar-refractivity contribution in [2.24, 2.45) is 0 Å². The van der Waals surface area contributed by atoms with E-state index in [1.165, 1.54) is 6.42 Å². The summed E-state index contributed by atoms with van der Waals surface area (Å²) in [5, 5.41) is 12.5. The Hall–Kier alpha value is -2.73. The zero-order chi connectivity index (χ0) is 17.8. The molecule has 3 aromatic rings. The largest absolute Gasteiger partial charge is 0.359 e. The highest BCUT2D eigenvalue weighted by molar-refractivity contribution is 5.58. The van der Waals surface area contributed by atoms with E-state index in [1.807, 2.05) is 48.5 Å². The summed E-state index contributed by atoms with van der Waals surface area (Å²) >= 11 is 0. The van der Waals surface area contributed by atoms with E-state index >= 15 is 0 Å². The van der Waals surface area contributed by atoms with Crippen LogP contribution in [-0.2, 0) is 6.54 Å². The van der Waals surface area contributed by atoms with E-state index < -0.39 is 0 Å². The molecule has 6 nitrogen and oxygen atoms in total. The highest BCUT2D eigenvalue weighted by atomic mass is 16.5. The average molecular weight is 349 g/mol. The molecule has 1 fully saturated rings. The van der Waals surface area contributed by atoms with Crippen molar-refractivity contribution in [2.45, 2.75) is 25.4 Å². The zero-order valence-corrected chi connectivity index (χ0v) is 15.0. The number of anilines is 1. The SMILES string of the molecule is CN(Cc1cc(-c2ccccc2)no1)C1CCCN(c2cccnn2)C1. The summed E-state index contributed by atoms with van der Waals surface area (Å²) in [7, 11) is 2.15. The first-order valence-corrected chi connectivity index (χ1v) is 9.03. The summed E-state index contributed by atoms with van der Waals surface area (Å²) in [6, 6.07) is 16.6. The number of benzene rings is 1. The molecule has 0 N–H and O–H groups in total. The van der Waals surface area contributed by atoms with Gasteiger partial charge in [0.05, 0.1) is 6.54 Å². The molecule has 26 heavy (non-hydrogen) atoms. The van der Waals surface area contributed by atoms with Gasteiger partial charge in [0.25, 0.3) is 0 Å². The van der Waals surface area contributed by atoms with Crippen molar-refractivity contribution in [1.82, 2.24) is 20.3 Å². The van der Waals surface area contributed by atoms with E-state index in [2.05, 4.69) is 32.2 Å². The standard InChI is InChI=1S/C20H23N5O/c1-24(15-18-13-19(23-26-18)16-7-3-2-4-8-16)17-9-6-12-25(14-17)20-10-5-11-21-22-20/h2-5,7-8,10-11,13,17H,6,9,12,14-15H2,1H3. The molecule has 4 rings (SSSR count). The molecule has 1 aliphatic rings. The molecule has 1 aliphatic heterocycles. The van der Waals surface area contributed by atoms with Gasteiger partial charge in [-0.05, 0) is 32.0 Å². The highest BCUT2D eigenvalue weighted by Crippen LogP contribution is 2.23. The molecule has 1 unspecified atom stereocenters. The minimum atomic E-state index is 0.455. The second kappa shape index (κ2) is 7.66. The second-order valence-corrected chi connectivity index (χ2v) is 6.78. The molecule has 1 atom stereocenters. The monoisotopic (exact) mass is 349 g/mol. The smallest absolute Gasteiger partial charge is 0.151 e. The third kappa shape index (κ3) is 3.75. The van der Waals surface area contributed by atoms with Gasteiger partial charge in [-0.3, -0.25) is 4.90 Å². The summed E-state index contributed by atoms with van der Waals surface area (Å²) in [6.07, 6.45) is 4.04. The molecular formula is C20H23N5O. The van der Waals surface area contributed by atoms with Crippen LogP contribution in [0.15, 0.2) is 59.3 Å². The van der Waals surface area contributed by atoms with Gasteiger partial charge < -0.3 is 9.42 Å². The van der Waals surface area contributed by atoms with Crippen LogP contribution in [0.5, 0.6) is 0 Å². The fraction of sp³-hybridized carbons (Fsp3) is 0.350. The van der Waals surface area contributed by atoms with Gasteiger partial charge in [0.15, 0.2) is 11.6 Å². The summed E-state index contributed by atoms with van der Waals surface area (Å²) in [4.78, 5) is 4.66. The molecule has 0 radical (unpaired) electrons. The van der Waals surface area contributed by atoms with Gasteiger partial charge in [-0.1, -0.05) is 35.5 Å². The maximum absolute atomic E-state index is 5.56. The summed E-state index contributed by atoms with van der Waals surface area (Å²) < 4.78 is 5.56. The second-order valence-electron chi connectivity index (χ2n) is 6.78. The van der Waals surface area contributed by atoms with Crippen molar-refractivity contribution in [3.63, 3.8) is 0 Å². The van der Waals surface area contributed by atoms with Crippen LogP contribution in [0.4, 0.5) is 5.82 Å². The molecule has 1 aromatic carbocycles. The topological polar surface area (TPSA) is 58.3 Å². The Bertz CT molecular complexity index is 820. The molecular weight excluding hydrogens is 326 g/mol. The van der Waals surface area contributed by atoms with Crippen molar-refractivity contribution in [2.75, 3.05) is 25.0 Å². The molecule has 2 aromatic heterocycles. The Labute approximate surface area is 153 Å². The Morgan fingerprint density at radius 3 is 2.88 bits per heavy atom. The van der Waals surface area contributed by atoms with Crippen LogP contribution in [0, 0.1) is 0 Å². The van der Waals surface area contributed by atoms with Gasteiger partial charge in [0.2, 0.25) is 0 Å². The quantitative estimate of drug-likeness (QED) is 0.705. The van der Waals surface area contributed by atoms with Crippen molar-refractivity contribution >= 4 is 5.82 Å². The lowest BCUT2D eigenvalue weighted by Crippen LogP contribution is -2.46. The van der Waals surface area contributed by atoms with Gasteiger partial charge in [0.1, 0.15) is 5.69 Å². The van der Waals surface area contributed by atoms with Crippen molar-refractivity contribution < 1.29 is 4.52 Å². The molecule has 0 bridgehead atoms. The lowest BCUT2D eigenvalue weighted by molar-refractivity contribution is 0.187. The molecule has 3 heterocycles. The molecule has 134 valence electrons. The predicted octanol–water partition coefficient (Wildman–Crippen LogP) is 3.23. The van der Waals surface area contributed by atoms with Crippen LogP contribution in [0.1, 0.15) is 18.6 Å². The number of nitrogens with zero attached hydrogens (tertiary/aromatic N) is 5. The number of aromatic nitrogens is 3. The molecule has 0 amide bonds. The summed E-state index contributed by atoms with van der Waals surface area (Å²) in [6.45, 7) is 2.73. The Morgan fingerprint density at radius 1 is 1.19 bits per heavy atom. The third-order valence-electron chi connectivity index (χ3n) is 4.94. The fourth-order valence-electron chi connectivity index (χ4n) is 3.49. The normalized spacial score (nSPS) is 17.6. The van der Waals surface area contributed by atoms with Crippen LogP contribution in [-0.4, -0.2) is 46.4 Å². The van der Waals surface area contributed by atoms with Gasteiger partial charge in [-0.25, -0.2) is 0 Å². The van der Waals surface area contributed by atoms with Crippen LogP contribution in [0.3, 0.4) is 0 Å². The van der Waals surface area contributed by atoms with Crippen molar-refractivity contribution in [1.29, 1.82) is 0 Å². The Morgan fingerprint density at radius 2 is 2.08 bits per heavy atom. The maximum atomic E-state index is 5.56. The van der Waals surface area contributed by atoms with Gasteiger partial charge in [-0.15, -0.1) is 5.10 Å². The van der Waals surface area contributed by atoms with E-state index in [0.29, 0.717) is 6.04 Å². The number of hydrogen-bond acceptors (Lipinski definition) is 6. The molecule has 0 aliphatic carbocycles. The third-order valence-corrected chi connectivity index (χ3v) is 4.94. The van der Waals surface area contributed by atoms with Gasteiger partial charge in [0, 0.05) is 37.0 Å². The minimum Gasteiger partial charge on any atom is -0.359 e. The van der Waals surface area contributed by atoms with Crippen molar-refractivity contribution in [3.8, 4) is 11.3 Å². The van der Waals surface area contributed by atoms with Gasteiger partial charge in [-0.2, -0.15) is 5.10 Å². The average Bonchev–Trinajstić information content (AvgIpc) is 3.18. The number of piperidine rings is 1. The first-order valence-electron chi connectivity index (χ1n) is 9.03. The van der Waals surface area contributed by atoms with E-state index in [0.717, 1.165) is 48.9 Å². The van der Waals surface area contributed by atoms with E-state index in [-0.39, 0.29) is 0 Å². The van der Waals surface area contributed by atoms with Crippen LogP contribution in [0.2, 0.25) is 0 Å². The highest BCUT2D eigenvalue weighted by Gasteiger charge is 2.25. The van der Waals surface area contributed by atoms with Crippen LogP contribution < -0.4 is 4.90 Å². The fourth-order valence-corrected chi connectivity index (χ4v) is 3.49. The Kier molecular flexibility index (Phi) is 4.93. The van der Waals surface area contributed by atoms with Crippen molar-refractivity contribution in [3.05, 3.63) is 60.5 Å². The number of likely N-dealkylation sites (N-methyl/N-ethyl adjacent to an activating group) is 1. The van der Waals surface area contributed by atoms with E-state index in [4.69, 9.17) is 4.52 Å². The maximum Gasteiger partial charge on any atom is 0.151 e. The lowest BCUT2D eigenvalue weighted by atomic mass is 10.0. The van der Waals surface area contributed by atoms with Crippen LogP contribution in [0.25, 0.3) is 11.3 Å². The van der Waals surface area contributed by atoms with E-state index in [1.54, 1.807) is 6.20 Å². The molecule has 0 saturated carbocycles. The lowest BCUT2D eigenvalue weighted by Gasteiger charge is -2.37. The zero-order valence-electron chi connectivity index (χ0n) is 15.0. The first-order chi connectivity index (χ1) is 12.8. The molecule has 1 saturated heterocycles. The first kappa shape index (κ1) is 16.7. The summed E-state index contributed by atoms with van der Waals surface area (Å²) in [5.74, 6) is 1.85. The predicted molar refractivity (Wildman–Crippen MR) is 101 cm³/mol. The Balaban J connectivity index is 1.40. The molecule has 6 heteroatoms. The van der Waals surface area contributed by atoms with Gasteiger partial charge >= 0.3 is 0 Å². The minimum absolute atomic E-state index is 0.455. The van der Waals surface area contributed by atoms with E-state index in [9.17, 15) is 0 Å². The molecule has 0 spiro atoms. The number of rotatable bonds is 5. The number of hydrogen-bond donors (Lipinski definition) is 0. The summed E-state index contributed by atoms with van der Waals surface area (Å²) in [5.41, 5.74) is 1.97.